The van der Waals surface area contributed by atoms with Crippen LogP contribution in [0.4, 0.5) is 0 Å². The van der Waals surface area contributed by atoms with Crippen LogP contribution >= 0.6 is 0 Å². The molecular formula is C43H60N10O8. The van der Waals surface area contributed by atoms with Crippen LogP contribution in [0.2, 0.25) is 0 Å². The van der Waals surface area contributed by atoms with E-state index in [-0.39, 0.29) is 62.1 Å². The van der Waals surface area contributed by atoms with E-state index in [4.69, 9.17) is 11.5 Å². The number of hydrogen-bond donors (Lipinski definition) is 10. The van der Waals surface area contributed by atoms with Gasteiger partial charge in [0.2, 0.25) is 29.5 Å². The minimum atomic E-state index is -1.35. The minimum absolute atomic E-state index is 0.0130. The molecule has 0 saturated heterocycles. The Balaban J connectivity index is 1.84. The minimum Gasteiger partial charge on any atom is -0.480 e. The largest absolute Gasteiger partial charge is 0.480 e. The number of H-pyrrole nitrogens is 1. The zero-order valence-electron chi connectivity index (χ0n) is 35.5. The van der Waals surface area contributed by atoms with E-state index in [0.717, 1.165) is 10.9 Å². The summed E-state index contributed by atoms with van der Waals surface area (Å²) in [6.07, 6.45) is 3.44. The van der Waals surface area contributed by atoms with Crippen LogP contribution < -0.4 is 43.4 Å². The lowest BCUT2D eigenvalue weighted by Crippen LogP contribution is -2.59. The number of allylic oxidation sites excluding steroid dienone is 1. The zero-order chi connectivity index (χ0) is 45.2. The molecule has 330 valence electrons. The molecule has 0 aliphatic carbocycles. The molecular weight excluding hydrogens is 785 g/mol. The second kappa shape index (κ2) is 23.8. The van der Waals surface area contributed by atoms with Crippen molar-refractivity contribution in [1.82, 2.24) is 36.9 Å². The number of aliphatic imine (C=N–C) groups is 1. The van der Waals surface area contributed by atoms with Gasteiger partial charge in [0, 0.05) is 43.4 Å². The van der Waals surface area contributed by atoms with Crippen LogP contribution in [0.15, 0.2) is 77.6 Å². The molecule has 2 aromatic carbocycles. The molecule has 18 heteroatoms. The predicted octanol–water partition coefficient (Wildman–Crippen LogP) is 1.26. The topological polar surface area (TPSA) is 292 Å². The van der Waals surface area contributed by atoms with Crippen molar-refractivity contribution in [3.8, 4) is 0 Å². The molecule has 0 spiro atoms. The normalized spacial score (nSPS) is 13.9. The number of nitrogens with zero attached hydrogens (tertiary/aromatic N) is 1. The van der Waals surface area contributed by atoms with Crippen molar-refractivity contribution in [2.24, 2.45) is 28.3 Å². The van der Waals surface area contributed by atoms with E-state index >= 15 is 0 Å². The van der Waals surface area contributed by atoms with Crippen molar-refractivity contribution in [3.63, 3.8) is 0 Å². The Morgan fingerprint density at radius 2 is 1.38 bits per heavy atom. The maximum Gasteiger partial charge on any atom is 0.326 e. The summed E-state index contributed by atoms with van der Waals surface area (Å²) in [5.74, 6) is -5.94. The Bertz CT molecular complexity index is 2060. The molecule has 0 aliphatic rings. The van der Waals surface area contributed by atoms with Gasteiger partial charge < -0.3 is 53.5 Å². The summed E-state index contributed by atoms with van der Waals surface area (Å²) in [6, 6.07) is 10.2. The van der Waals surface area contributed by atoms with E-state index in [9.17, 15) is 38.7 Å². The first kappa shape index (κ1) is 48.6. The Morgan fingerprint density at radius 1 is 0.754 bits per heavy atom. The van der Waals surface area contributed by atoms with Gasteiger partial charge >= 0.3 is 5.97 Å². The molecule has 1 heterocycles. The highest BCUT2D eigenvalue weighted by Crippen LogP contribution is 2.19. The Labute approximate surface area is 355 Å². The highest BCUT2D eigenvalue weighted by atomic mass is 16.4. The van der Waals surface area contributed by atoms with Crippen LogP contribution in [0.5, 0.6) is 0 Å². The van der Waals surface area contributed by atoms with Gasteiger partial charge in [0.05, 0.1) is 0 Å². The average Bonchev–Trinajstić information content (AvgIpc) is 3.61. The molecule has 5 unspecified atom stereocenters. The van der Waals surface area contributed by atoms with Crippen molar-refractivity contribution in [2.45, 2.75) is 104 Å². The van der Waals surface area contributed by atoms with Gasteiger partial charge in [-0.15, -0.1) is 0 Å². The van der Waals surface area contributed by atoms with Crippen LogP contribution in [0.1, 0.15) is 71.9 Å². The van der Waals surface area contributed by atoms with Crippen LogP contribution in [0.3, 0.4) is 0 Å². The van der Waals surface area contributed by atoms with Gasteiger partial charge in [0.15, 0.2) is 5.96 Å². The molecule has 3 aromatic rings. The third kappa shape index (κ3) is 15.8. The lowest BCUT2D eigenvalue weighted by molar-refractivity contribution is -0.141. The lowest BCUT2D eigenvalue weighted by Gasteiger charge is -2.28. The number of amides is 6. The summed E-state index contributed by atoms with van der Waals surface area (Å²) in [6.45, 7) is 10.1. The second-order valence-corrected chi connectivity index (χ2v) is 15.5. The fourth-order valence-corrected chi connectivity index (χ4v) is 6.53. The standard InChI is InChI=1S/C43H60N10O8/c1-7-30(37(55)53-35(42(60)61)22-28-23-47-31-17-12-11-16-29(28)31)49-40(58)34(21-27-14-9-8-10-15-27)52-39(57)33(20-24(2)3)51-38(56)32(18-13-19-46-43(44)45)50-41(59)36(25(4)5)48-26(6)54/h7-12,14-17,23-25,32-36,47H,13,18-22H2,1-6H3,(H,48,54)(H,49,58)(H,50,59)(H,51,56)(H,52,57)(H,53,55)(H,60,61)(H4,44,45,46)/b30-7+. The van der Waals surface area contributed by atoms with Crippen LogP contribution in [-0.2, 0) is 46.4 Å². The highest BCUT2D eigenvalue weighted by molar-refractivity contribution is 6.01. The van der Waals surface area contributed by atoms with Crippen LogP contribution in [0.25, 0.3) is 10.9 Å². The lowest BCUT2D eigenvalue weighted by atomic mass is 9.99. The van der Waals surface area contributed by atoms with E-state index in [1.54, 1.807) is 50.4 Å². The molecule has 0 radical (unpaired) electrons. The third-order valence-corrected chi connectivity index (χ3v) is 9.64. The molecule has 6 amide bonds. The SMILES string of the molecule is C/C=C(/NC(=O)C(Cc1ccccc1)NC(=O)C(CC(C)C)NC(=O)C(CCCN=C(N)N)NC(=O)C(NC(C)=O)C(C)C)C(=O)NC(Cc1c[nH]c2ccccc12)C(=O)O. The van der Waals surface area contributed by atoms with Gasteiger partial charge in [-0.1, -0.05) is 82.3 Å². The molecule has 3 rings (SSSR count). The fraction of sp³-hybridized carbons (Fsp3) is 0.442. The molecule has 5 atom stereocenters. The Morgan fingerprint density at radius 3 is 1.98 bits per heavy atom. The first-order valence-electron chi connectivity index (χ1n) is 20.2. The monoisotopic (exact) mass is 844 g/mol. The quantitative estimate of drug-likeness (QED) is 0.0282. The molecule has 12 N–H and O–H groups in total. The van der Waals surface area contributed by atoms with Gasteiger partial charge in [-0.25, -0.2) is 4.79 Å². The number of guanidine groups is 1. The second-order valence-electron chi connectivity index (χ2n) is 15.5. The van der Waals surface area contributed by atoms with Gasteiger partial charge in [-0.05, 0) is 55.2 Å². The number of aromatic amines is 1. The summed E-state index contributed by atoms with van der Waals surface area (Å²) in [5, 5.41) is 26.7. The van der Waals surface area contributed by atoms with Gasteiger partial charge in [0.1, 0.15) is 35.9 Å². The van der Waals surface area contributed by atoms with Crippen molar-refractivity contribution < 1.29 is 38.7 Å². The number of para-hydroxylation sites is 1. The Hall–Kier alpha value is -6.72. The number of aliphatic carboxylic acids is 1. The van der Waals surface area contributed by atoms with E-state index < -0.39 is 71.6 Å². The van der Waals surface area contributed by atoms with E-state index in [0.29, 0.717) is 11.1 Å². The van der Waals surface area contributed by atoms with E-state index in [1.807, 2.05) is 38.1 Å². The molecule has 18 nitrogen and oxygen atoms in total. The van der Waals surface area contributed by atoms with Crippen molar-refractivity contribution in [2.75, 3.05) is 6.54 Å². The number of carboxylic acids is 1. The summed E-state index contributed by atoms with van der Waals surface area (Å²) < 4.78 is 0. The Kier molecular flexibility index (Phi) is 19.0. The highest BCUT2D eigenvalue weighted by Gasteiger charge is 2.33. The number of rotatable bonds is 23. The molecule has 0 bridgehead atoms. The van der Waals surface area contributed by atoms with Crippen molar-refractivity contribution in [3.05, 3.63) is 83.7 Å². The van der Waals surface area contributed by atoms with Gasteiger partial charge in [0.25, 0.3) is 5.91 Å². The van der Waals surface area contributed by atoms with E-state index in [1.165, 1.54) is 19.9 Å². The zero-order valence-corrected chi connectivity index (χ0v) is 35.5. The number of nitrogens with one attached hydrogen (secondary N) is 7. The first-order chi connectivity index (χ1) is 28.9. The van der Waals surface area contributed by atoms with Crippen molar-refractivity contribution in [1.29, 1.82) is 0 Å². The number of nitrogens with two attached hydrogens (primary N) is 2. The predicted molar refractivity (Wildman–Crippen MR) is 231 cm³/mol. The number of carbonyl (C=O) groups is 7. The number of benzene rings is 2. The molecule has 0 aliphatic heterocycles. The number of aromatic nitrogens is 1. The number of hydrogen-bond acceptors (Lipinski definition) is 8. The first-order valence-corrected chi connectivity index (χ1v) is 20.2. The fourth-order valence-electron chi connectivity index (χ4n) is 6.53. The van der Waals surface area contributed by atoms with Gasteiger partial charge in [-0.3, -0.25) is 33.8 Å². The van der Waals surface area contributed by atoms with Gasteiger partial charge in [-0.2, -0.15) is 0 Å². The summed E-state index contributed by atoms with van der Waals surface area (Å²) >= 11 is 0. The summed E-state index contributed by atoms with van der Waals surface area (Å²) in [4.78, 5) is 100. The number of carboxylic acid groups (broad SMARTS) is 1. The molecule has 61 heavy (non-hydrogen) atoms. The van der Waals surface area contributed by atoms with E-state index in [2.05, 4.69) is 41.9 Å². The number of fused-ring (bicyclic) bond motifs is 1. The molecule has 1 aromatic heterocycles. The average molecular weight is 845 g/mol. The van der Waals surface area contributed by atoms with Crippen molar-refractivity contribution >= 4 is 58.3 Å². The third-order valence-electron chi connectivity index (χ3n) is 9.64. The van der Waals surface area contributed by atoms with Crippen LogP contribution in [0, 0.1) is 11.8 Å². The molecule has 0 saturated carbocycles. The van der Waals surface area contributed by atoms with Crippen LogP contribution in [-0.4, -0.2) is 94.2 Å². The maximum absolute atomic E-state index is 14.1. The molecule has 0 fully saturated rings. The smallest absolute Gasteiger partial charge is 0.326 e. The summed E-state index contributed by atoms with van der Waals surface area (Å²) in [5.41, 5.74) is 12.8. The number of carbonyl (C=O) groups excluding carboxylic acids is 6. The summed E-state index contributed by atoms with van der Waals surface area (Å²) in [7, 11) is 0. The maximum atomic E-state index is 14.1.